The molecule has 0 bridgehead atoms. The van der Waals surface area contributed by atoms with Crippen LogP contribution in [0.4, 0.5) is 5.69 Å². The number of fused-ring (bicyclic) bond motifs is 1. The molecule has 2 aromatic carbocycles. The Labute approximate surface area is 151 Å². The minimum atomic E-state index is -3.88. The summed E-state index contributed by atoms with van der Waals surface area (Å²) in [6, 6.07) is 15.2. The van der Waals surface area contributed by atoms with Gasteiger partial charge in [-0.2, -0.15) is 0 Å². The van der Waals surface area contributed by atoms with E-state index in [-0.39, 0.29) is 9.79 Å². The van der Waals surface area contributed by atoms with E-state index in [1.807, 2.05) is 12.1 Å². The van der Waals surface area contributed by atoms with Crippen LogP contribution in [0.1, 0.15) is 0 Å². The molecule has 7 heteroatoms. The van der Waals surface area contributed by atoms with Gasteiger partial charge in [0.2, 0.25) is 9.84 Å². The number of nitrogens with zero attached hydrogens (tertiary/aromatic N) is 1. The van der Waals surface area contributed by atoms with Crippen LogP contribution in [0.2, 0.25) is 0 Å². The van der Waals surface area contributed by atoms with Gasteiger partial charge in [0, 0.05) is 37.3 Å². The highest BCUT2D eigenvalue weighted by atomic mass is 32.2. The smallest absolute Gasteiger partial charge is 0.267 e. The summed E-state index contributed by atoms with van der Waals surface area (Å²) >= 11 is 0. The van der Waals surface area contributed by atoms with Gasteiger partial charge < -0.3 is 15.2 Å². The SMILES string of the molecule is O=c1[nH]c2cccc(N3CCNCC3)c2cc1S(=O)(=O)c1ccccc1. The number of hydrogen-bond donors (Lipinski definition) is 2. The zero-order valence-electron chi connectivity index (χ0n) is 14.1. The van der Waals surface area contributed by atoms with E-state index in [9.17, 15) is 13.2 Å². The maximum absolute atomic E-state index is 12.9. The van der Waals surface area contributed by atoms with Crippen molar-refractivity contribution >= 4 is 26.4 Å². The molecule has 6 nitrogen and oxygen atoms in total. The number of rotatable bonds is 3. The van der Waals surface area contributed by atoms with E-state index in [1.54, 1.807) is 24.3 Å². The number of sulfone groups is 1. The first-order valence-corrected chi connectivity index (χ1v) is 9.97. The Morgan fingerprint density at radius 3 is 2.38 bits per heavy atom. The fourth-order valence-electron chi connectivity index (χ4n) is 3.30. The van der Waals surface area contributed by atoms with Crippen LogP contribution in [-0.2, 0) is 9.84 Å². The lowest BCUT2D eigenvalue weighted by molar-refractivity contribution is 0.590. The van der Waals surface area contributed by atoms with E-state index in [2.05, 4.69) is 15.2 Å². The molecule has 0 radical (unpaired) electrons. The van der Waals surface area contributed by atoms with Crippen molar-refractivity contribution in [3.8, 4) is 0 Å². The maximum Gasteiger partial charge on any atom is 0.267 e. The molecule has 3 aromatic rings. The molecule has 2 N–H and O–H groups in total. The Balaban J connectivity index is 1.92. The summed E-state index contributed by atoms with van der Waals surface area (Å²) in [5.74, 6) is 0. The van der Waals surface area contributed by atoms with Crippen molar-refractivity contribution in [1.29, 1.82) is 0 Å². The van der Waals surface area contributed by atoms with Crippen LogP contribution in [0.25, 0.3) is 10.9 Å². The molecule has 1 saturated heterocycles. The fourth-order valence-corrected chi connectivity index (χ4v) is 4.64. The number of nitrogens with one attached hydrogen (secondary N) is 2. The van der Waals surface area contributed by atoms with Crippen LogP contribution in [0.5, 0.6) is 0 Å². The second kappa shape index (κ2) is 6.59. The summed E-state index contributed by atoms with van der Waals surface area (Å²) in [5.41, 5.74) is 0.974. The molecular formula is C19H19N3O3S. The zero-order chi connectivity index (χ0) is 18.1. The monoisotopic (exact) mass is 369 g/mol. The molecule has 0 unspecified atom stereocenters. The number of pyridine rings is 1. The Hall–Kier alpha value is -2.64. The first-order valence-electron chi connectivity index (χ1n) is 8.49. The van der Waals surface area contributed by atoms with Crippen molar-refractivity contribution in [3.05, 3.63) is 65.0 Å². The number of piperazine rings is 1. The first-order chi connectivity index (χ1) is 12.6. The van der Waals surface area contributed by atoms with Gasteiger partial charge in [0.1, 0.15) is 4.90 Å². The molecule has 0 aliphatic carbocycles. The van der Waals surface area contributed by atoms with E-state index < -0.39 is 15.4 Å². The standard InChI is InChI=1S/C19H19N3O3S/c23-19-18(26(24,25)14-5-2-1-3-6-14)13-15-16(21-19)7-4-8-17(15)22-11-9-20-10-12-22/h1-8,13,20H,9-12H2,(H,21,23). The molecule has 0 atom stereocenters. The van der Waals surface area contributed by atoms with E-state index in [0.29, 0.717) is 5.52 Å². The van der Waals surface area contributed by atoms with Gasteiger partial charge in [-0.05, 0) is 30.3 Å². The normalized spacial score (nSPS) is 15.3. The molecule has 4 rings (SSSR count). The van der Waals surface area contributed by atoms with Crippen LogP contribution in [0.15, 0.2) is 69.2 Å². The topological polar surface area (TPSA) is 82.3 Å². The summed E-state index contributed by atoms with van der Waals surface area (Å²) in [6.45, 7) is 3.40. The Morgan fingerprint density at radius 2 is 1.65 bits per heavy atom. The summed E-state index contributed by atoms with van der Waals surface area (Å²) in [5, 5.41) is 4.04. The predicted molar refractivity (Wildman–Crippen MR) is 102 cm³/mol. The molecule has 1 aliphatic heterocycles. The van der Waals surface area contributed by atoms with Gasteiger partial charge in [-0.1, -0.05) is 24.3 Å². The van der Waals surface area contributed by atoms with Crippen LogP contribution in [0.3, 0.4) is 0 Å². The number of benzene rings is 2. The molecule has 134 valence electrons. The van der Waals surface area contributed by atoms with Crippen molar-refractivity contribution in [2.24, 2.45) is 0 Å². The third-order valence-electron chi connectivity index (χ3n) is 4.63. The molecular weight excluding hydrogens is 350 g/mol. The summed E-state index contributed by atoms with van der Waals surface area (Å²) < 4.78 is 25.9. The molecule has 1 aliphatic rings. The molecule has 1 aromatic heterocycles. The van der Waals surface area contributed by atoms with Crippen LogP contribution in [0, 0.1) is 0 Å². The molecule has 0 spiro atoms. The highest BCUT2D eigenvalue weighted by molar-refractivity contribution is 7.91. The second-order valence-corrected chi connectivity index (χ2v) is 8.17. The Bertz CT molecular complexity index is 1100. The van der Waals surface area contributed by atoms with Crippen molar-refractivity contribution in [1.82, 2.24) is 10.3 Å². The lowest BCUT2D eigenvalue weighted by atomic mass is 10.1. The van der Waals surface area contributed by atoms with Gasteiger partial charge in [0.15, 0.2) is 0 Å². The molecule has 0 amide bonds. The van der Waals surface area contributed by atoms with Gasteiger partial charge in [-0.25, -0.2) is 8.42 Å². The molecule has 26 heavy (non-hydrogen) atoms. The Morgan fingerprint density at radius 1 is 0.923 bits per heavy atom. The maximum atomic E-state index is 12.9. The molecule has 1 fully saturated rings. The number of anilines is 1. The fraction of sp³-hybridized carbons (Fsp3) is 0.211. The lowest BCUT2D eigenvalue weighted by Crippen LogP contribution is -2.43. The highest BCUT2D eigenvalue weighted by Gasteiger charge is 2.23. The summed E-state index contributed by atoms with van der Waals surface area (Å²) in [6.07, 6.45) is 0. The molecule has 2 heterocycles. The minimum Gasteiger partial charge on any atom is -0.368 e. The highest BCUT2D eigenvalue weighted by Crippen LogP contribution is 2.28. The molecule has 0 saturated carbocycles. The van der Waals surface area contributed by atoms with E-state index in [4.69, 9.17) is 0 Å². The van der Waals surface area contributed by atoms with Gasteiger partial charge in [-0.3, -0.25) is 4.79 Å². The zero-order valence-corrected chi connectivity index (χ0v) is 14.9. The lowest BCUT2D eigenvalue weighted by Gasteiger charge is -2.30. The second-order valence-electron chi connectivity index (χ2n) is 6.25. The minimum absolute atomic E-state index is 0.115. The number of H-pyrrole nitrogens is 1. The third kappa shape index (κ3) is 2.89. The predicted octanol–water partition coefficient (Wildman–Crippen LogP) is 1.77. The number of aromatic amines is 1. The van der Waals surface area contributed by atoms with E-state index in [1.165, 1.54) is 18.2 Å². The largest absolute Gasteiger partial charge is 0.368 e. The van der Waals surface area contributed by atoms with Crippen LogP contribution < -0.4 is 15.8 Å². The average molecular weight is 369 g/mol. The van der Waals surface area contributed by atoms with Crippen molar-refractivity contribution < 1.29 is 8.42 Å². The number of hydrogen-bond acceptors (Lipinski definition) is 5. The van der Waals surface area contributed by atoms with Crippen molar-refractivity contribution in [3.63, 3.8) is 0 Å². The van der Waals surface area contributed by atoms with E-state index >= 15 is 0 Å². The Kier molecular flexibility index (Phi) is 4.26. The van der Waals surface area contributed by atoms with Gasteiger partial charge in [0.05, 0.1) is 10.4 Å². The van der Waals surface area contributed by atoms with Gasteiger partial charge >= 0.3 is 0 Å². The van der Waals surface area contributed by atoms with Crippen molar-refractivity contribution in [2.75, 3.05) is 31.1 Å². The average Bonchev–Trinajstić information content (AvgIpc) is 2.68. The quantitative estimate of drug-likeness (QED) is 0.735. The summed E-state index contributed by atoms with van der Waals surface area (Å²) in [4.78, 5) is 17.3. The third-order valence-corrected chi connectivity index (χ3v) is 6.41. The van der Waals surface area contributed by atoms with Gasteiger partial charge in [-0.15, -0.1) is 0 Å². The van der Waals surface area contributed by atoms with Crippen LogP contribution in [-0.4, -0.2) is 39.6 Å². The number of aromatic nitrogens is 1. The summed E-state index contributed by atoms with van der Waals surface area (Å²) in [7, 11) is -3.88. The van der Waals surface area contributed by atoms with Gasteiger partial charge in [0.25, 0.3) is 5.56 Å². The van der Waals surface area contributed by atoms with E-state index in [0.717, 1.165) is 37.3 Å². The van der Waals surface area contributed by atoms with Crippen LogP contribution >= 0.6 is 0 Å². The van der Waals surface area contributed by atoms with Crippen molar-refractivity contribution in [2.45, 2.75) is 9.79 Å². The first kappa shape index (κ1) is 16.8.